The highest BCUT2D eigenvalue weighted by Gasteiger charge is 2.39. The minimum Gasteiger partial charge on any atom is -0.496 e. The Labute approximate surface area is 165 Å². The molecule has 0 saturated heterocycles. The molecule has 0 spiro atoms. The number of nitrogens with two attached hydrogens (primary N) is 1. The highest BCUT2D eigenvalue weighted by molar-refractivity contribution is 14.0. The van der Waals surface area contributed by atoms with Crippen LogP contribution in [-0.2, 0) is 6.54 Å². The minimum atomic E-state index is 0. The van der Waals surface area contributed by atoms with E-state index >= 15 is 0 Å². The number of aliphatic imine (C=N–C) groups is 1. The summed E-state index contributed by atoms with van der Waals surface area (Å²) in [6, 6.07) is 12.5. The molecule has 1 heterocycles. The van der Waals surface area contributed by atoms with Crippen molar-refractivity contribution < 1.29 is 4.74 Å². The first kappa shape index (κ1) is 18.5. The third kappa shape index (κ3) is 4.84. The molecule has 1 aromatic carbocycles. The van der Waals surface area contributed by atoms with Crippen LogP contribution < -0.4 is 15.8 Å². The van der Waals surface area contributed by atoms with Gasteiger partial charge in [-0.25, -0.2) is 4.99 Å². The lowest BCUT2D eigenvalue weighted by Gasteiger charge is -2.07. The zero-order chi connectivity index (χ0) is 15.5. The van der Waals surface area contributed by atoms with Crippen molar-refractivity contribution in [3.8, 4) is 5.75 Å². The summed E-state index contributed by atoms with van der Waals surface area (Å²) in [4.78, 5) is 5.80. The van der Waals surface area contributed by atoms with Crippen LogP contribution in [0.15, 0.2) is 45.2 Å². The third-order valence-corrected chi connectivity index (χ3v) is 5.45. The molecule has 23 heavy (non-hydrogen) atoms. The van der Waals surface area contributed by atoms with Gasteiger partial charge in [0.15, 0.2) is 5.96 Å². The van der Waals surface area contributed by atoms with Crippen molar-refractivity contribution in [1.29, 1.82) is 0 Å². The number of hydrogen-bond acceptors (Lipinski definition) is 3. The summed E-state index contributed by atoms with van der Waals surface area (Å²) in [6.45, 7) is 0.519. The summed E-state index contributed by atoms with van der Waals surface area (Å²) in [7, 11) is 1.66. The molecule has 0 bridgehead atoms. The molecule has 3 N–H and O–H groups in total. The Balaban J connectivity index is 0.00000192. The summed E-state index contributed by atoms with van der Waals surface area (Å²) in [5.41, 5.74) is 7.02. The highest BCUT2D eigenvalue weighted by atomic mass is 127. The van der Waals surface area contributed by atoms with E-state index in [4.69, 9.17) is 10.5 Å². The molecule has 1 aromatic heterocycles. The molecule has 7 heteroatoms. The summed E-state index contributed by atoms with van der Waals surface area (Å²) < 4.78 is 6.49. The molecule has 2 atom stereocenters. The maximum absolute atomic E-state index is 5.99. The van der Waals surface area contributed by atoms with Gasteiger partial charge in [0.1, 0.15) is 5.75 Å². The van der Waals surface area contributed by atoms with Gasteiger partial charge in [0.25, 0.3) is 0 Å². The Kier molecular flexibility index (Phi) is 6.72. The molecule has 1 fully saturated rings. The zero-order valence-corrected chi connectivity index (χ0v) is 17.4. The van der Waals surface area contributed by atoms with Gasteiger partial charge in [-0.1, -0.05) is 18.2 Å². The number of hydrogen-bond donors (Lipinski definition) is 2. The van der Waals surface area contributed by atoms with E-state index in [-0.39, 0.29) is 24.0 Å². The van der Waals surface area contributed by atoms with Gasteiger partial charge in [0.2, 0.25) is 0 Å². The number of para-hydroxylation sites is 1. The maximum Gasteiger partial charge on any atom is 0.189 e. The van der Waals surface area contributed by atoms with Gasteiger partial charge in [-0.15, -0.1) is 35.3 Å². The van der Waals surface area contributed by atoms with E-state index in [9.17, 15) is 0 Å². The number of ether oxygens (including phenoxy) is 1. The monoisotopic (exact) mass is 507 g/mol. The predicted molar refractivity (Wildman–Crippen MR) is 110 cm³/mol. The van der Waals surface area contributed by atoms with Crippen LogP contribution in [0.1, 0.15) is 22.8 Å². The van der Waals surface area contributed by atoms with Gasteiger partial charge in [-0.2, -0.15) is 0 Å². The van der Waals surface area contributed by atoms with Crippen LogP contribution in [0.2, 0.25) is 0 Å². The van der Waals surface area contributed by atoms with Gasteiger partial charge < -0.3 is 15.8 Å². The summed E-state index contributed by atoms with van der Waals surface area (Å²) in [5, 5.41) is 3.30. The molecule has 4 nitrogen and oxygen atoms in total. The summed E-state index contributed by atoms with van der Waals surface area (Å²) in [5.74, 6) is 1.89. The van der Waals surface area contributed by atoms with Crippen molar-refractivity contribution in [2.24, 2.45) is 10.7 Å². The number of nitrogens with zero attached hydrogens (tertiary/aromatic N) is 1. The van der Waals surface area contributed by atoms with Crippen LogP contribution in [0.3, 0.4) is 0 Å². The number of thiophene rings is 1. The van der Waals surface area contributed by atoms with E-state index in [1.807, 2.05) is 24.3 Å². The fourth-order valence-corrected chi connectivity index (χ4v) is 4.04. The van der Waals surface area contributed by atoms with E-state index in [0.29, 0.717) is 24.5 Å². The molecular formula is C16H19BrIN3OS. The second kappa shape index (κ2) is 8.34. The lowest BCUT2D eigenvalue weighted by molar-refractivity contribution is 0.410. The zero-order valence-electron chi connectivity index (χ0n) is 12.7. The normalized spacial score (nSPS) is 19.8. The van der Waals surface area contributed by atoms with E-state index in [1.54, 1.807) is 18.4 Å². The number of guanidine groups is 1. The van der Waals surface area contributed by atoms with Crippen LogP contribution in [0.4, 0.5) is 0 Å². The van der Waals surface area contributed by atoms with Gasteiger partial charge in [0, 0.05) is 22.4 Å². The number of rotatable bonds is 5. The largest absolute Gasteiger partial charge is 0.496 e. The van der Waals surface area contributed by atoms with Gasteiger partial charge in [0.05, 0.1) is 17.4 Å². The summed E-state index contributed by atoms with van der Waals surface area (Å²) in [6.07, 6.45) is 1.11. The second-order valence-electron chi connectivity index (χ2n) is 5.25. The van der Waals surface area contributed by atoms with Crippen molar-refractivity contribution in [3.05, 3.63) is 50.6 Å². The molecule has 0 amide bonds. The molecule has 1 saturated carbocycles. The van der Waals surface area contributed by atoms with E-state index in [1.165, 1.54) is 8.66 Å². The van der Waals surface area contributed by atoms with Crippen molar-refractivity contribution in [2.75, 3.05) is 7.11 Å². The Hall–Kier alpha value is -0.800. The van der Waals surface area contributed by atoms with E-state index in [0.717, 1.165) is 17.7 Å². The lowest BCUT2D eigenvalue weighted by atomic mass is 10.2. The Morgan fingerprint density at radius 1 is 1.39 bits per heavy atom. The quantitative estimate of drug-likeness (QED) is 0.364. The first-order valence-corrected chi connectivity index (χ1v) is 8.72. The molecule has 2 aromatic rings. The second-order valence-corrected chi connectivity index (χ2v) is 7.74. The predicted octanol–water partition coefficient (Wildman–Crippen LogP) is 4.10. The highest BCUT2D eigenvalue weighted by Crippen LogP contribution is 2.44. The smallest absolute Gasteiger partial charge is 0.189 e. The molecule has 124 valence electrons. The van der Waals surface area contributed by atoms with E-state index in [2.05, 4.69) is 38.4 Å². The Bertz CT molecular complexity index is 691. The van der Waals surface area contributed by atoms with Crippen LogP contribution in [-0.4, -0.2) is 19.1 Å². The van der Waals surface area contributed by atoms with Gasteiger partial charge in [-0.3, -0.25) is 0 Å². The fourth-order valence-electron chi connectivity index (χ4n) is 2.44. The van der Waals surface area contributed by atoms with Crippen molar-refractivity contribution in [1.82, 2.24) is 5.32 Å². The topological polar surface area (TPSA) is 59.6 Å². The third-order valence-electron chi connectivity index (χ3n) is 3.70. The first-order chi connectivity index (χ1) is 10.7. The summed E-state index contributed by atoms with van der Waals surface area (Å²) >= 11 is 5.28. The van der Waals surface area contributed by atoms with Crippen LogP contribution in [0, 0.1) is 0 Å². The molecule has 0 aliphatic heterocycles. The Morgan fingerprint density at radius 3 is 2.87 bits per heavy atom. The number of benzene rings is 1. The fraction of sp³-hybridized carbons (Fsp3) is 0.312. The first-order valence-electron chi connectivity index (χ1n) is 7.11. The van der Waals surface area contributed by atoms with Gasteiger partial charge in [-0.05, 0) is 40.5 Å². The van der Waals surface area contributed by atoms with Crippen LogP contribution in [0.25, 0.3) is 0 Å². The molecule has 1 aliphatic carbocycles. The Morgan fingerprint density at radius 2 is 2.17 bits per heavy atom. The number of halogens is 2. The average molecular weight is 508 g/mol. The van der Waals surface area contributed by atoms with Crippen molar-refractivity contribution in [3.63, 3.8) is 0 Å². The minimum absolute atomic E-state index is 0. The van der Waals surface area contributed by atoms with E-state index < -0.39 is 0 Å². The van der Waals surface area contributed by atoms with Crippen molar-refractivity contribution in [2.45, 2.75) is 24.9 Å². The SMILES string of the molecule is COc1ccccc1CN=C(N)N[C@@H]1C[C@H]1c1ccc(Br)s1.I. The molecular weight excluding hydrogens is 489 g/mol. The van der Waals surface area contributed by atoms with Crippen LogP contribution >= 0.6 is 51.2 Å². The maximum atomic E-state index is 5.99. The molecule has 0 radical (unpaired) electrons. The van der Waals surface area contributed by atoms with Crippen LogP contribution in [0.5, 0.6) is 5.75 Å². The average Bonchev–Trinajstić information content (AvgIpc) is 3.15. The molecule has 0 unspecified atom stereocenters. The lowest BCUT2D eigenvalue weighted by Crippen LogP contribution is -2.34. The van der Waals surface area contributed by atoms with Crippen molar-refractivity contribution >= 4 is 57.2 Å². The number of methoxy groups -OCH3 is 1. The molecule has 1 aliphatic rings. The molecule has 3 rings (SSSR count). The standard InChI is InChI=1S/C16H18BrN3OS.HI/c1-21-13-5-3-2-4-10(13)9-19-16(18)20-12-8-11(12)14-6-7-15(17)22-14;/h2-7,11-12H,8-9H2,1H3,(H3,18,19,20);1H/t11-,12-;/m1./s1. The van der Waals surface area contributed by atoms with Gasteiger partial charge >= 0.3 is 0 Å². The number of nitrogens with one attached hydrogen (secondary N) is 1.